The van der Waals surface area contributed by atoms with Gasteiger partial charge in [-0.05, 0) is 36.1 Å². The van der Waals surface area contributed by atoms with Crippen molar-refractivity contribution in [1.82, 2.24) is 4.72 Å². The first-order chi connectivity index (χ1) is 12.9. The fourth-order valence-electron chi connectivity index (χ4n) is 2.71. The minimum Gasteiger partial charge on any atom is -0.493 e. The monoisotopic (exact) mass is 403 g/mol. The maximum absolute atomic E-state index is 13.0. The summed E-state index contributed by atoms with van der Waals surface area (Å²) in [5, 5.41) is 1.93. The minimum absolute atomic E-state index is 0.119. The van der Waals surface area contributed by atoms with Crippen LogP contribution in [0.15, 0.2) is 64.9 Å². The Hall–Kier alpha value is -2.35. The number of benzene rings is 2. The van der Waals surface area contributed by atoms with Gasteiger partial charge in [-0.25, -0.2) is 8.42 Å². The smallest absolute Gasteiger partial charge is 0.241 e. The molecule has 5 nitrogen and oxygen atoms in total. The van der Waals surface area contributed by atoms with Crippen LogP contribution in [-0.4, -0.2) is 22.6 Å². The van der Waals surface area contributed by atoms with E-state index in [1.165, 1.54) is 37.7 Å². The zero-order valence-corrected chi connectivity index (χ0v) is 16.9. The van der Waals surface area contributed by atoms with E-state index in [-0.39, 0.29) is 4.90 Å². The summed E-state index contributed by atoms with van der Waals surface area (Å²) in [4.78, 5) is 1.04. The first kappa shape index (κ1) is 19.4. The summed E-state index contributed by atoms with van der Waals surface area (Å²) >= 11 is 1.51. The van der Waals surface area contributed by atoms with E-state index in [1.54, 1.807) is 6.07 Å². The van der Waals surface area contributed by atoms with Crippen LogP contribution in [0.25, 0.3) is 0 Å². The summed E-state index contributed by atoms with van der Waals surface area (Å²) < 4.78 is 39.3. The summed E-state index contributed by atoms with van der Waals surface area (Å²) in [5.74, 6) is 0.841. The number of nitrogens with one attached hydrogen (secondary N) is 1. The van der Waals surface area contributed by atoms with Crippen molar-refractivity contribution in [2.24, 2.45) is 0 Å². The first-order valence-corrected chi connectivity index (χ1v) is 10.6. The van der Waals surface area contributed by atoms with Crippen LogP contribution in [0.2, 0.25) is 0 Å². The largest absolute Gasteiger partial charge is 0.493 e. The summed E-state index contributed by atoms with van der Waals surface area (Å²) in [6, 6.07) is 15.7. The number of rotatable bonds is 7. The van der Waals surface area contributed by atoms with E-state index in [9.17, 15) is 8.42 Å². The molecule has 1 atom stereocenters. The van der Waals surface area contributed by atoms with Crippen molar-refractivity contribution in [2.75, 3.05) is 14.2 Å². The number of ether oxygens (including phenoxy) is 2. The van der Waals surface area contributed by atoms with E-state index >= 15 is 0 Å². The van der Waals surface area contributed by atoms with Gasteiger partial charge in [0.25, 0.3) is 0 Å². The predicted octanol–water partition coefficient (Wildman–Crippen LogP) is 4.14. The quantitative estimate of drug-likeness (QED) is 0.644. The lowest BCUT2D eigenvalue weighted by molar-refractivity contribution is 0.354. The molecular formula is C20H21NO4S2. The van der Waals surface area contributed by atoms with Gasteiger partial charge in [0.05, 0.1) is 25.2 Å². The van der Waals surface area contributed by atoms with E-state index < -0.39 is 16.1 Å². The molecule has 0 saturated heterocycles. The summed E-state index contributed by atoms with van der Waals surface area (Å²) in [6.45, 7) is 2.00. The summed E-state index contributed by atoms with van der Waals surface area (Å²) in [7, 11) is -0.797. The van der Waals surface area contributed by atoms with Gasteiger partial charge in [0.15, 0.2) is 11.5 Å². The van der Waals surface area contributed by atoms with Crippen molar-refractivity contribution in [3.05, 3.63) is 76.0 Å². The second-order valence-corrected chi connectivity index (χ2v) is 8.69. The molecule has 0 bridgehead atoms. The molecule has 3 aromatic rings. The Morgan fingerprint density at radius 1 is 0.963 bits per heavy atom. The standard InChI is InChI=1S/C20H21NO4S2/c1-14-6-8-15(9-7-14)20(19-5-4-12-26-19)21-27(22,23)16-10-11-17(24-2)18(13-16)25-3/h4-13,20-21H,1-3H3/t20-/m0/s1. The van der Waals surface area contributed by atoms with Crippen molar-refractivity contribution >= 4 is 21.4 Å². The van der Waals surface area contributed by atoms with Gasteiger partial charge in [0.2, 0.25) is 10.0 Å². The van der Waals surface area contributed by atoms with Crippen LogP contribution in [0, 0.1) is 6.92 Å². The van der Waals surface area contributed by atoms with Gasteiger partial charge in [-0.1, -0.05) is 35.9 Å². The van der Waals surface area contributed by atoms with Gasteiger partial charge in [-0.3, -0.25) is 0 Å². The molecule has 0 amide bonds. The molecule has 142 valence electrons. The Kier molecular flexibility index (Phi) is 5.84. The molecule has 27 heavy (non-hydrogen) atoms. The Morgan fingerprint density at radius 2 is 1.67 bits per heavy atom. The molecular weight excluding hydrogens is 382 g/mol. The Morgan fingerprint density at radius 3 is 2.26 bits per heavy atom. The van der Waals surface area contributed by atoms with Crippen LogP contribution < -0.4 is 14.2 Å². The SMILES string of the molecule is COc1ccc(S(=O)(=O)N[C@@H](c2ccc(C)cc2)c2cccs2)cc1OC. The summed E-state index contributed by atoms with van der Waals surface area (Å²) in [6.07, 6.45) is 0. The van der Waals surface area contributed by atoms with Crippen molar-refractivity contribution in [3.63, 3.8) is 0 Å². The van der Waals surface area contributed by atoms with Crippen LogP contribution in [0.4, 0.5) is 0 Å². The average molecular weight is 404 g/mol. The molecule has 0 fully saturated rings. The molecule has 0 unspecified atom stereocenters. The molecule has 1 N–H and O–H groups in total. The highest BCUT2D eigenvalue weighted by Gasteiger charge is 2.24. The molecule has 3 rings (SSSR count). The molecule has 7 heteroatoms. The number of methoxy groups -OCH3 is 2. The van der Waals surface area contributed by atoms with Crippen LogP contribution >= 0.6 is 11.3 Å². The first-order valence-electron chi connectivity index (χ1n) is 8.29. The zero-order valence-electron chi connectivity index (χ0n) is 15.3. The highest BCUT2D eigenvalue weighted by atomic mass is 32.2. The molecule has 0 saturated carbocycles. The second kappa shape index (κ2) is 8.12. The van der Waals surface area contributed by atoms with E-state index in [4.69, 9.17) is 9.47 Å². The number of thiophene rings is 1. The predicted molar refractivity (Wildman–Crippen MR) is 107 cm³/mol. The molecule has 2 aromatic carbocycles. The van der Waals surface area contributed by atoms with Crippen molar-refractivity contribution in [2.45, 2.75) is 17.9 Å². The van der Waals surface area contributed by atoms with Gasteiger partial charge < -0.3 is 9.47 Å². The fourth-order valence-corrected chi connectivity index (χ4v) is 4.81. The van der Waals surface area contributed by atoms with Gasteiger partial charge in [0.1, 0.15) is 0 Å². The molecule has 0 aliphatic rings. The highest BCUT2D eigenvalue weighted by molar-refractivity contribution is 7.89. The topological polar surface area (TPSA) is 64.6 Å². The van der Waals surface area contributed by atoms with Gasteiger partial charge in [-0.15, -0.1) is 11.3 Å². The number of hydrogen-bond acceptors (Lipinski definition) is 5. The Balaban J connectivity index is 1.99. The zero-order chi connectivity index (χ0) is 19.4. The van der Waals surface area contributed by atoms with E-state index in [0.717, 1.165) is 16.0 Å². The molecule has 1 aromatic heterocycles. The maximum atomic E-state index is 13.0. The minimum atomic E-state index is -3.78. The van der Waals surface area contributed by atoms with Gasteiger partial charge in [0, 0.05) is 10.9 Å². The van der Waals surface area contributed by atoms with Crippen LogP contribution in [0.1, 0.15) is 22.0 Å². The molecule has 0 aliphatic carbocycles. The average Bonchev–Trinajstić information content (AvgIpc) is 3.21. The van der Waals surface area contributed by atoms with Gasteiger partial charge >= 0.3 is 0 Å². The maximum Gasteiger partial charge on any atom is 0.241 e. The number of aryl methyl sites for hydroxylation is 1. The van der Waals surface area contributed by atoms with Crippen molar-refractivity contribution < 1.29 is 17.9 Å². The molecule has 0 aliphatic heterocycles. The van der Waals surface area contributed by atoms with E-state index in [2.05, 4.69) is 4.72 Å². The lowest BCUT2D eigenvalue weighted by atomic mass is 10.0. The Bertz CT molecular complexity index is 997. The van der Waals surface area contributed by atoms with Gasteiger partial charge in [-0.2, -0.15) is 4.72 Å². The van der Waals surface area contributed by atoms with E-state index in [1.807, 2.05) is 48.7 Å². The second-order valence-electron chi connectivity index (χ2n) is 6.00. The van der Waals surface area contributed by atoms with Crippen molar-refractivity contribution in [1.29, 1.82) is 0 Å². The number of hydrogen-bond donors (Lipinski definition) is 1. The fraction of sp³-hybridized carbons (Fsp3) is 0.200. The molecule has 0 radical (unpaired) electrons. The Labute approximate surface area is 163 Å². The summed E-state index contributed by atoms with van der Waals surface area (Å²) in [5.41, 5.74) is 2.00. The van der Waals surface area contributed by atoms with E-state index in [0.29, 0.717) is 11.5 Å². The molecule has 0 spiro atoms. The highest BCUT2D eigenvalue weighted by Crippen LogP contribution is 2.32. The lowest BCUT2D eigenvalue weighted by Gasteiger charge is -2.19. The molecule has 1 heterocycles. The lowest BCUT2D eigenvalue weighted by Crippen LogP contribution is -2.29. The van der Waals surface area contributed by atoms with Crippen LogP contribution in [0.5, 0.6) is 11.5 Å². The third-order valence-electron chi connectivity index (χ3n) is 4.18. The van der Waals surface area contributed by atoms with Crippen molar-refractivity contribution in [3.8, 4) is 11.5 Å². The third-order valence-corrected chi connectivity index (χ3v) is 6.53. The van der Waals surface area contributed by atoms with Crippen LogP contribution in [-0.2, 0) is 10.0 Å². The van der Waals surface area contributed by atoms with Crippen LogP contribution in [0.3, 0.4) is 0 Å². The normalized spacial score (nSPS) is 12.6. The third kappa shape index (κ3) is 4.32. The number of sulfonamides is 1.